The largest absolute Gasteiger partial charge is 0.481 e. The van der Waals surface area contributed by atoms with Crippen LogP contribution in [0.25, 0.3) is 0 Å². The molecule has 4 rings (SSSR count). The number of methoxy groups -OCH3 is 1. The first-order valence-electron chi connectivity index (χ1n) is 9.86. The van der Waals surface area contributed by atoms with E-state index >= 15 is 0 Å². The summed E-state index contributed by atoms with van der Waals surface area (Å²) in [5.41, 5.74) is 3.37. The van der Waals surface area contributed by atoms with Gasteiger partial charge in [0.1, 0.15) is 6.33 Å². The van der Waals surface area contributed by atoms with Crippen LogP contribution >= 0.6 is 0 Å². The Morgan fingerprint density at radius 1 is 1.04 bits per heavy atom. The van der Waals surface area contributed by atoms with Crippen molar-refractivity contribution < 1.29 is 9.53 Å². The van der Waals surface area contributed by atoms with E-state index in [2.05, 4.69) is 44.0 Å². The lowest BCUT2D eigenvalue weighted by Crippen LogP contribution is -2.51. The van der Waals surface area contributed by atoms with Crippen LogP contribution < -0.4 is 4.74 Å². The van der Waals surface area contributed by atoms with Crippen LogP contribution in [-0.2, 0) is 24.3 Å². The van der Waals surface area contributed by atoms with Gasteiger partial charge in [-0.15, -0.1) is 0 Å². The normalized spacial score (nSPS) is 18.0. The van der Waals surface area contributed by atoms with Gasteiger partial charge in [-0.05, 0) is 5.56 Å². The Balaban J connectivity index is 1.28. The van der Waals surface area contributed by atoms with Gasteiger partial charge < -0.3 is 9.64 Å². The lowest BCUT2D eigenvalue weighted by Gasteiger charge is -2.36. The van der Waals surface area contributed by atoms with Crippen molar-refractivity contribution >= 4 is 5.91 Å². The summed E-state index contributed by atoms with van der Waals surface area (Å²) in [5, 5.41) is 0. The third-order valence-corrected chi connectivity index (χ3v) is 5.57. The summed E-state index contributed by atoms with van der Waals surface area (Å²) in [5.74, 6) is 0.829. The highest BCUT2D eigenvalue weighted by molar-refractivity contribution is 5.78. The maximum atomic E-state index is 12.8. The second kappa shape index (κ2) is 8.67. The summed E-state index contributed by atoms with van der Waals surface area (Å²) in [6.45, 7) is 6.33. The molecule has 0 atom stereocenters. The van der Waals surface area contributed by atoms with Crippen LogP contribution in [-0.4, -0.2) is 77.0 Å². The number of ether oxygens (including phenoxy) is 1. The Kier molecular flexibility index (Phi) is 5.83. The molecule has 1 fully saturated rings. The van der Waals surface area contributed by atoms with Crippen molar-refractivity contribution in [3.63, 3.8) is 0 Å². The standard InChI is InChI=1S/C21H27N5O2/c1-28-21-18-14-25(8-7-19(18)22-16-23-21)15-20(27)26-11-9-24(10-12-26)13-17-5-3-2-4-6-17/h2-6,16H,7-15H2,1H3. The smallest absolute Gasteiger partial charge is 0.236 e. The minimum absolute atomic E-state index is 0.207. The quantitative estimate of drug-likeness (QED) is 0.775. The van der Waals surface area contributed by atoms with Crippen molar-refractivity contribution in [1.29, 1.82) is 0 Å². The van der Waals surface area contributed by atoms with Gasteiger partial charge in [0.25, 0.3) is 0 Å². The van der Waals surface area contributed by atoms with Gasteiger partial charge >= 0.3 is 0 Å². The van der Waals surface area contributed by atoms with E-state index in [-0.39, 0.29) is 5.91 Å². The zero-order chi connectivity index (χ0) is 19.3. The number of fused-ring (bicyclic) bond motifs is 1. The number of rotatable bonds is 5. The van der Waals surface area contributed by atoms with E-state index < -0.39 is 0 Å². The van der Waals surface area contributed by atoms with Gasteiger partial charge in [-0.25, -0.2) is 9.97 Å². The van der Waals surface area contributed by atoms with E-state index in [4.69, 9.17) is 4.74 Å². The fourth-order valence-electron chi connectivity index (χ4n) is 3.97. The lowest BCUT2D eigenvalue weighted by atomic mass is 10.1. The summed E-state index contributed by atoms with van der Waals surface area (Å²) in [4.78, 5) is 27.9. The van der Waals surface area contributed by atoms with E-state index in [9.17, 15) is 4.79 Å². The highest BCUT2D eigenvalue weighted by Crippen LogP contribution is 2.24. The summed E-state index contributed by atoms with van der Waals surface area (Å²) in [7, 11) is 1.63. The van der Waals surface area contributed by atoms with Gasteiger partial charge in [-0.1, -0.05) is 30.3 Å². The van der Waals surface area contributed by atoms with Crippen LogP contribution in [0.2, 0.25) is 0 Å². The number of carbonyl (C=O) groups excluding carboxylic acids is 1. The molecule has 1 aromatic heterocycles. The number of hydrogen-bond acceptors (Lipinski definition) is 6. The molecule has 1 saturated heterocycles. The molecule has 0 radical (unpaired) electrons. The number of nitrogens with zero attached hydrogens (tertiary/aromatic N) is 5. The molecule has 0 bridgehead atoms. The number of carbonyl (C=O) groups is 1. The fraction of sp³-hybridized carbons (Fsp3) is 0.476. The molecule has 0 saturated carbocycles. The van der Waals surface area contributed by atoms with E-state index in [1.807, 2.05) is 11.0 Å². The number of amides is 1. The molecule has 2 aromatic rings. The number of hydrogen-bond donors (Lipinski definition) is 0. The predicted octanol–water partition coefficient (Wildman–Crippen LogP) is 1.19. The fourth-order valence-corrected chi connectivity index (χ4v) is 3.97. The number of benzene rings is 1. The highest BCUT2D eigenvalue weighted by Gasteiger charge is 2.26. The molecule has 1 aromatic carbocycles. The minimum Gasteiger partial charge on any atom is -0.481 e. The Bertz CT molecular complexity index is 791. The molecule has 0 N–H and O–H groups in total. The SMILES string of the molecule is COc1ncnc2c1CN(CC(=O)N1CCN(Cc3ccccc3)CC1)CC2. The molecular weight excluding hydrogens is 354 g/mol. The van der Waals surface area contributed by atoms with Crippen molar-refractivity contribution in [3.8, 4) is 5.88 Å². The van der Waals surface area contributed by atoms with Crippen molar-refractivity contribution in [2.24, 2.45) is 0 Å². The molecule has 2 aliphatic heterocycles. The van der Waals surface area contributed by atoms with Crippen LogP contribution in [0.15, 0.2) is 36.7 Å². The first-order chi connectivity index (χ1) is 13.7. The third-order valence-electron chi connectivity index (χ3n) is 5.57. The summed E-state index contributed by atoms with van der Waals surface area (Å²) in [6.07, 6.45) is 2.37. The van der Waals surface area contributed by atoms with Crippen molar-refractivity contribution in [2.75, 3.05) is 46.4 Å². The first-order valence-corrected chi connectivity index (χ1v) is 9.86. The van der Waals surface area contributed by atoms with Gasteiger partial charge in [0.15, 0.2) is 0 Å². The first kappa shape index (κ1) is 18.8. The molecule has 7 nitrogen and oxygen atoms in total. The van der Waals surface area contributed by atoms with E-state index in [1.54, 1.807) is 13.4 Å². The highest BCUT2D eigenvalue weighted by atomic mass is 16.5. The monoisotopic (exact) mass is 381 g/mol. The molecule has 28 heavy (non-hydrogen) atoms. The molecule has 7 heteroatoms. The van der Waals surface area contributed by atoms with Crippen LogP contribution in [0.5, 0.6) is 5.88 Å². The molecule has 3 heterocycles. The van der Waals surface area contributed by atoms with Gasteiger partial charge in [0, 0.05) is 57.8 Å². The van der Waals surface area contributed by atoms with Gasteiger partial charge in [0.2, 0.25) is 11.8 Å². The maximum Gasteiger partial charge on any atom is 0.236 e. The van der Waals surface area contributed by atoms with Gasteiger partial charge in [-0.2, -0.15) is 0 Å². The van der Waals surface area contributed by atoms with Crippen molar-refractivity contribution in [1.82, 2.24) is 24.7 Å². The average Bonchev–Trinajstić information content (AvgIpc) is 2.74. The summed E-state index contributed by atoms with van der Waals surface area (Å²) >= 11 is 0. The molecule has 0 spiro atoms. The zero-order valence-corrected chi connectivity index (χ0v) is 16.4. The van der Waals surface area contributed by atoms with E-state index in [0.717, 1.165) is 56.9 Å². The third kappa shape index (κ3) is 4.31. The van der Waals surface area contributed by atoms with Crippen LogP contribution in [0.3, 0.4) is 0 Å². The predicted molar refractivity (Wildman–Crippen MR) is 106 cm³/mol. The Hall–Kier alpha value is -2.51. The molecule has 2 aliphatic rings. The lowest BCUT2D eigenvalue weighted by molar-refractivity contribution is -0.134. The molecular formula is C21H27N5O2. The molecule has 148 valence electrons. The molecule has 1 amide bonds. The maximum absolute atomic E-state index is 12.8. The Morgan fingerprint density at radius 2 is 1.82 bits per heavy atom. The summed E-state index contributed by atoms with van der Waals surface area (Å²) < 4.78 is 5.36. The van der Waals surface area contributed by atoms with E-state index in [1.165, 1.54) is 5.56 Å². The van der Waals surface area contributed by atoms with Gasteiger partial charge in [0.05, 0.1) is 19.3 Å². The summed E-state index contributed by atoms with van der Waals surface area (Å²) in [6, 6.07) is 10.5. The second-order valence-corrected chi connectivity index (χ2v) is 7.41. The molecule has 0 aliphatic carbocycles. The second-order valence-electron chi connectivity index (χ2n) is 7.41. The number of piperazine rings is 1. The number of aromatic nitrogens is 2. The van der Waals surface area contributed by atoms with Crippen molar-refractivity contribution in [3.05, 3.63) is 53.5 Å². The minimum atomic E-state index is 0.207. The van der Waals surface area contributed by atoms with Crippen molar-refractivity contribution in [2.45, 2.75) is 19.5 Å². The molecule has 0 unspecified atom stereocenters. The van der Waals surface area contributed by atoms with Gasteiger partial charge in [-0.3, -0.25) is 14.6 Å². The van der Waals surface area contributed by atoms with Crippen LogP contribution in [0.1, 0.15) is 16.8 Å². The average molecular weight is 381 g/mol. The van der Waals surface area contributed by atoms with Crippen LogP contribution in [0.4, 0.5) is 0 Å². The zero-order valence-electron chi connectivity index (χ0n) is 16.4. The van der Waals surface area contributed by atoms with E-state index in [0.29, 0.717) is 19.0 Å². The topological polar surface area (TPSA) is 61.8 Å². The van der Waals surface area contributed by atoms with Crippen LogP contribution in [0, 0.1) is 0 Å². The Labute approximate surface area is 165 Å². The Morgan fingerprint density at radius 3 is 2.57 bits per heavy atom.